The minimum Gasteiger partial charge on any atom is -0.290 e. The molecule has 0 unspecified atom stereocenters. The van der Waals surface area contributed by atoms with E-state index < -0.39 is 0 Å². The Morgan fingerprint density at radius 1 is 1.22 bits per heavy atom. The van der Waals surface area contributed by atoms with Crippen LogP contribution >= 0.6 is 23.1 Å². The van der Waals surface area contributed by atoms with E-state index in [-0.39, 0.29) is 5.56 Å². The fraction of sp³-hybridized carbons (Fsp3) is 0.278. The van der Waals surface area contributed by atoms with Crippen LogP contribution in [0.5, 0.6) is 0 Å². The first-order chi connectivity index (χ1) is 13.2. The van der Waals surface area contributed by atoms with Crippen LogP contribution in [0, 0.1) is 0 Å². The van der Waals surface area contributed by atoms with Crippen molar-refractivity contribution in [3.63, 3.8) is 0 Å². The zero-order chi connectivity index (χ0) is 18.4. The molecule has 0 aliphatic heterocycles. The van der Waals surface area contributed by atoms with Crippen molar-refractivity contribution in [2.24, 2.45) is 7.05 Å². The Morgan fingerprint density at radius 2 is 2.07 bits per heavy atom. The van der Waals surface area contributed by atoms with Gasteiger partial charge >= 0.3 is 0 Å². The lowest BCUT2D eigenvalue weighted by atomic mass is 10.2. The van der Waals surface area contributed by atoms with Crippen molar-refractivity contribution in [2.45, 2.75) is 30.2 Å². The molecule has 0 N–H and O–H groups in total. The summed E-state index contributed by atoms with van der Waals surface area (Å²) >= 11 is 3.14. The average Bonchev–Trinajstić information content (AvgIpc) is 3.39. The van der Waals surface area contributed by atoms with E-state index in [1.165, 1.54) is 22.2 Å². The normalized spacial score (nSPS) is 13.4. The Bertz CT molecular complexity index is 1190. The van der Waals surface area contributed by atoms with E-state index >= 15 is 0 Å². The summed E-state index contributed by atoms with van der Waals surface area (Å²) in [6, 6.07) is 9.76. The van der Waals surface area contributed by atoms with Crippen molar-refractivity contribution in [3.05, 3.63) is 57.0 Å². The van der Waals surface area contributed by atoms with Gasteiger partial charge in [-0.25, -0.2) is 4.98 Å². The Kier molecular flexibility index (Phi) is 4.05. The number of rotatable bonds is 4. The van der Waals surface area contributed by atoms with Crippen molar-refractivity contribution >= 4 is 33.3 Å². The van der Waals surface area contributed by atoms with Crippen molar-refractivity contribution in [2.75, 3.05) is 0 Å². The molecule has 0 radical (unpaired) electrons. The van der Waals surface area contributed by atoms with Gasteiger partial charge < -0.3 is 0 Å². The van der Waals surface area contributed by atoms with Gasteiger partial charge in [0.05, 0.1) is 16.8 Å². The molecule has 1 aliphatic carbocycles. The van der Waals surface area contributed by atoms with E-state index in [0.717, 1.165) is 35.2 Å². The van der Waals surface area contributed by atoms with Gasteiger partial charge in [-0.1, -0.05) is 30.0 Å². The van der Waals surface area contributed by atoms with E-state index in [1.54, 1.807) is 27.6 Å². The quantitative estimate of drug-likeness (QED) is 0.390. The minimum absolute atomic E-state index is 0.0459. The number of aromatic nitrogens is 6. The highest BCUT2D eigenvalue weighted by Crippen LogP contribution is 2.35. The Morgan fingerprint density at radius 3 is 2.93 bits per heavy atom. The summed E-state index contributed by atoms with van der Waals surface area (Å²) in [4.78, 5) is 19.8. The molecule has 0 fully saturated rings. The maximum atomic E-state index is 12.9. The molecule has 136 valence electrons. The lowest BCUT2D eigenvalue weighted by Crippen LogP contribution is -2.20. The monoisotopic (exact) mass is 396 g/mol. The largest absolute Gasteiger partial charge is 0.290 e. The number of tetrazole rings is 1. The van der Waals surface area contributed by atoms with Crippen LogP contribution in [-0.2, 0) is 25.6 Å². The molecule has 5 rings (SSSR count). The molecule has 1 aromatic carbocycles. The Balaban J connectivity index is 1.48. The van der Waals surface area contributed by atoms with Crippen LogP contribution in [0.1, 0.15) is 22.7 Å². The van der Waals surface area contributed by atoms with Gasteiger partial charge in [0.15, 0.2) is 11.0 Å². The van der Waals surface area contributed by atoms with Crippen LogP contribution in [0.3, 0.4) is 0 Å². The second-order valence-electron chi connectivity index (χ2n) is 6.43. The molecule has 4 aromatic rings. The number of nitrogens with zero attached hydrogens (tertiary/aromatic N) is 6. The third kappa shape index (κ3) is 2.78. The molecule has 0 saturated carbocycles. The predicted molar refractivity (Wildman–Crippen MR) is 106 cm³/mol. The zero-order valence-corrected chi connectivity index (χ0v) is 16.3. The highest BCUT2D eigenvalue weighted by atomic mass is 32.2. The van der Waals surface area contributed by atoms with Gasteiger partial charge in [-0.15, -0.1) is 16.4 Å². The van der Waals surface area contributed by atoms with Crippen LogP contribution in [0.25, 0.3) is 15.9 Å². The first-order valence-corrected chi connectivity index (χ1v) is 10.5. The topological polar surface area (TPSA) is 78.5 Å². The molecule has 27 heavy (non-hydrogen) atoms. The van der Waals surface area contributed by atoms with Gasteiger partial charge in [0.1, 0.15) is 4.83 Å². The highest BCUT2D eigenvalue weighted by Gasteiger charge is 2.22. The summed E-state index contributed by atoms with van der Waals surface area (Å²) in [6.45, 7) is 0. The second-order valence-corrected chi connectivity index (χ2v) is 8.45. The number of thiophene rings is 1. The van der Waals surface area contributed by atoms with Crippen molar-refractivity contribution in [1.29, 1.82) is 0 Å². The van der Waals surface area contributed by atoms with Crippen molar-refractivity contribution in [1.82, 2.24) is 29.8 Å². The van der Waals surface area contributed by atoms with Gasteiger partial charge in [-0.05, 0) is 47.4 Å². The SMILES string of the molecule is Cn1c(SCc2nnnn2-c2ccccc2)nc2sc3c(c2c1=O)CCC3. The molecule has 7 nitrogen and oxygen atoms in total. The van der Waals surface area contributed by atoms with E-state index in [0.29, 0.717) is 16.7 Å². The fourth-order valence-corrected chi connectivity index (χ4v) is 5.61. The van der Waals surface area contributed by atoms with Crippen LogP contribution in [0.2, 0.25) is 0 Å². The molecule has 0 bridgehead atoms. The smallest absolute Gasteiger partial charge is 0.262 e. The molecule has 1 aliphatic rings. The summed E-state index contributed by atoms with van der Waals surface area (Å²) in [5.41, 5.74) is 2.17. The third-order valence-electron chi connectivity index (χ3n) is 4.77. The van der Waals surface area contributed by atoms with Gasteiger partial charge in [0.25, 0.3) is 5.56 Å². The predicted octanol–water partition coefficient (Wildman–Crippen LogP) is 2.75. The van der Waals surface area contributed by atoms with E-state index in [9.17, 15) is 4.79 Å². The summed E-state index contributed by atoms with van der Waals surface area (Å²) in [5, 5.41) is 13.5. The molecule has 3 aromatic heterocycles. The first-order valence-electron chi connectivity index (χ1n) is 8.69. The average molecular weight is 397 g/mol. The van der Waals surface area contributed by atoms with E-state index in [2.05, 4.69) is 15.5 Å². The molecular formula is C18H16N6OS2. The second kappa shape index (κ2) is 6.58. The number of thioether (sulfide) groups is 1. The highest BCUT2D eigenvalue weighted by molar-refractivity contribution is 7.98. The lowest BCUT2D eigenvalue weighted by Gasteiger charge is -2.08. The van der Waals surface area contributed by atoms with Gasteiger partial charge in [-0.2, -0.15) is 4.68 Å². The van der Waals surface area contributed by atoms with Crippen molar-refractivity contribution in [3.8, 4) is 5.69 Å². The maximum absolute atomic E-state index is 12.9. The maximum Gasteiger partial charge on any atom is 0.262 e. The van der Waals surface area contributed by atoms with E-state index in [4.69, 9.17) is 4.98 Å². The number of para-hydroxylation sites is 1. The number of aryl methyl sites for hydroxylation is 2. The number of hydrogen-bond donors (Lipinski definition) is 0. The van der Waals surface area contributed by atoms with Crippen LogP contribution < -0.4 is 5.56 Å². The number of hydrogen-bond acceptors (Lipinski definition) is 7. The van der Waals surface area contributed by atoms with E-state index in [1.807, 2.05) is 30.3 Å². The van der Waals surface area contributed by atoms with Crippen molar-refractivity contribution < 1.29 is 0 Å². The standard InChI is InChI=1S/C18H16N6OS2/c1-23-17(25)15-12-8-5-9-13(12)27-16(15)19-18(23)26-10-14-20-21-22-24(14)11-6-3-2-4-7-11/h2-4,6-7H,5,8-10H2,1H3. The summed E-state index contributed by atoms with van der Waals surface area (Å²) in [7, 11) is 1.79. The molecule has 0 saturated heterocycles. The number of fused-ring (bicyclic) bond motifs is 3. The lowest BCUT2D eigenvalue weighted by molar-refractivity contribution is 0.725. The first kappa shape index (κ1) is 16.6. The molecule has 0 atom stereocenters. The summed E-state index contributed by atoms with van der Waals surface area (Å²) in [6.07, 6.45) is 3.19. The molecule has 3 heterocycles. The van der Waals surface area contributed by atoms with Crippen LogP contribution in [-0.4, -0.2) is 29.8 Å². The van der Waals surface area contributed by atoms with Crippen LogP contribution in [0.15, 0.2) is 40.3 Å². The van der Waals surface area contributed by atoms with Gasteiger partial charge in [0.2, 0.25) is 0 Å². The van der Waals surface area contributed by atoms with Gasteiger partial charge in [-0.3, -0.25) is 9.36 Å². The molecular weight excluding hydrogens is 380 g/mol. The molecule has 9 heteroatoms. The summed E-state index contributed by atoms with van der Waals surface area (Å²) in [5.74, 6) is 1.24. The summed E-state index contributed by atoms with van der Waals surface area (Å²) < 4.78 is 3.36. The molecule has 0 spiro atoms. The molecule has 0 amide bonds. The zero-order valence-electron chi connectivity index (χ0n) is 14.6. The minimum atomic E-state index is 0.0459. The fourth-order valence-electron chi connectivity index (χ4n) is 3.43. The Hall–Kier alpha value is -2.52. The number of benzene rings is 1. The third-order valence-corrected chi connectivity index (χ3v) is 6.98. The Labute approximate surface area is 163 Å². The van der Waals surface area contributed by atoms with Crippen LogP contribution in [0.4, 0.5) is 0 Å². The van der Waals surface area contributed by atoms with Gasteiger partial charge in [0, 0.05) is 11.9 Å².